The van der Waals surface area contributed by atoms with Crippen LogP contribution < -0.4 is 4.74 Å². The lowest BCUT2D eigenvalue weighted by atomic mass is 10.1. The van der Waals surface area contributed by atoms with Gasteiger partial charge >= 0.3 is 0 Å². The van der Waals surface area contributed by atoms with Crippen molar-refractivity contribution in [2.24, 2.45) is 5.18 Å². The first-order valence-electron chi connectivity index (χ1n) is 8.42. The Balaban J connectivity index is 1.54. The Hall–Kier alpha value is -3.31. The Morgan fingerprint density at radius 1 is 0.926 bits per heavy atom. The highest BCUT2D eigenvalue weighted by molar-refractivity contribution is 7.21. The van der Waals surface area contributed by atoms with E-state index in [1.54, 1.807) is 30.6 Å². The van der Waals surface area contributed by atoms with Crippen molar-refractivity contribution in [3.8, 4) is 16.3 Å². The van der Waals surface area contributed by atoms with Crippen LogP contribution in [0.4, 0.5) is 5.69 Å². The molecule has 0 aliphatic carbocycles. The zero-order chi connectivity index (χ0) is 18.6. The van der Waals surface area contributed by atoms with Crippen LogP contribution in [-0.4, -0.2) is 12.1 Å². The van der Waals surface area contributed by atoms with Gasteiger partial charge in [0.15, 0.2) is 0 Å². The highest BCUT2D eigenvalue weighted by Crippen LogP contribution is 2.32. The molecule has 0 aliphatic heterocycles. The lowest BCUT2D eigenvalue weighted by molar-refractivity contribution is 0.415. The highest BCUT2D eigenvalue weighted by atomic mass is 32.1. The molecule has 0 amide bonds. The molecule has 5 heteroatoms. The predicted molar refractivity (Wildman–Crippen MR) is 112 cm³/mol. The van der Waals surface area contributed by atoms with Crippen LogP contribution in [0.3, 0.4) is 0 Å². The molecule has 0 radical (unpaired) electrons. The number of hydrogen-bond donors (Lipinski definition) is 0. The van der Waals surface area contributed by atoms with Gasteiger partial charge in [-0.25, -0.2) is 4.98 Å². The number of hydrogen-bond acceptors (Lipinski definition) is 5. The van der Waals surface area contributed by atoms with Crippen molar-refractivity contribution >= 4 is 39.4 Å². The molecule has 0 N–H and O–H groups in total. The summed E-state index contributed by atoms with van der Waals surface area (Å²) in [6.07, 6.45) is 4.05. The topological polar surface area (TPSA) is 51.5 Å². The van der Waals surface area contributed by atoms with E-state index in [1.807, 2.05) is 42.5 Å². The molecule has 1 heterocycles. The second-order valence-electron chi connectivity index (χ2n) is 5.99. The summed E-state index contributed by atoms with van der Waals surface area (Å²) in [7, 11) is 1.66. The van der Waals surface area contributed by atoms with E-state index in [0.717, 1.165) is 37.7 Å². The Labute approximate surface area is 160 Å². The minimum absolute atomic E-state index is 0.435. The van der Waals surface area contributed by atoms with Gasteiger partial charge in [-0.2, -0.15) is 0 Å². The first kappa shape index (κ1) is 17.1. The summed E-state index contributed by atoms with van der Waals surface area (Å²) in [5, 5.41) is 3.90. The third kappa shape index (κ3) is 3.78. The number of nitroso groups, excluding NO2 is 1. The molecule has 27 heavy (non-hydrogen) atoms. The third-order valence-corrected chi connectivity index (χ3v) is 5.30. The maximum Gasteiger partial charge on any atom is 0.124 e. The van der Waals surface area contributed by atoms with Crippen molar-refractivity contribution in [2.75, 3.05) is 7.11 Å². The Morgan fingerprint density at radius 2 is 1.59 bits per heavy atom. The first-order valence-corrected chi connectivity index (χ1v) is 9.23. The molecular weight excluding hydrogens is 356 g/mol. The van der Waals surface area contributed by atoms with Crippen LogP contribution in [-0.2, 0) is 0 Å². The zero-order valence-electron chi connectivity index (χ0n) is 14.6. The van der Waals surface area contributed by atoms with Gasteiger partial charge in [-0.3, -0.25) is 0 Å². The summed E-state index contributed by atoms with van der Waals surface area (Å²) in [6, 6.07) is 21.4. The highest BCUT2D eigenvalue weighted by Gasteiger charge is 2.07. The van der Waals surface area contributed by atoms with E-state index in [4.69, 9.17) is 9.72 Å². The van der Waals surface area contributed by atoms with E-state index in [2.05, 4.69) is 29.4 Å². The fourth-order valence-corrected chi connectivity index (χ4v) is 3.68. The normalized spacial score (nSPS) is 11.1. The van der Waals surface area contributed by atoms with Crippen molar-refractivity contribution in [3.05, 3.63) is 82.8 Å². The van der Waals surface area contributed by atoms with Gasteiger partial charge < -0.3 is 4.74 Å². The molecule has 0 unspecified atom stereocenters. The van der Waals surface area contributed by atoms with Crippen LogP contribution in [0.15, 0.2) is 71.9 Å². The summed E-state index contributed by atoms with van der Waals surface area (Å²) < 4.78 is 6.41. The number of benzene rings is 3. The molecule has 0 fully saturated rings. The molecule has 0 saturated carbocycles. The van der Waals surface area contributed by atoms with E-state index < -0.39 is 0 Å². The monoisotopic (exact) mass is 372 g/mol. The Kier molecular flexibility index (Phi) is 4.77. The average Bonchev–Trinajstić information content (AvgIpc) is 3.16. The number of thiazole rings is 1. The number of fused-ring (bicyclic) bond motifs is 1. The van der Waals surface area contributed by atoms with Gasteiger partial charge in [-0.1, -0.05) is 48.6 Å². The van der Waals surface area contributed by atoms with Crippen LogP contribution in [0.25, 0.3) is 32.9 Å². The fourth-order valence-electron chi connectivity index (χ4n) is 2.73. The quantitative estimate of drug-likeness (QED) is 0.295. The molecule has 0 bridgehead atoms. The second kappa shape index (κ2) is 7.51. The van der Waals surface area contributed by atoms with Crippen molar-refractivity contribution in [3.63, 3.8) is 0 Å². The van der Waals surface area contributed by atoms with E-state index in [9.17, 15) is 4.91 Å². The largest absolute Gasteiger partial charge is 0.497 e. The van der Waals surface area contributed by atoms with Gasteiger partial charge in [0, 0.05) is 11.6 Å². The van der Waals surface area contributed by atoms with Gasteiger partial charge in [0.25, 0.3) is 0 Å². The molecular formula is C22H16N2O2S. The molecule has 0 aliphatic rings. The molecule has 3 aromatic carbocycles. The molecule has 0 atom stereocenters. The van der Waals surface area contributed by atoms with E-state index >= 15 is 0 Å². The molecule has 4 aromatic rings. The summed E-state index contributed by atoms with van der Waals surface area (Å²) >= 11 is 1.67. The molecule has 0 saturated heterocycles. The van der Waals surface area contributed by atoms with Crippen LogP contribution in [0.5, 0.6) is 5.75 Å². The van der Waals surface area contributed by atoms with Crippen LogP contribution in [0.1, 0.15) is 11.1 Å². The van der Waals surface area contributed by atoms with E-state index in [0.29, 0.717) is 5.69 Å². The number of ether oxygens (including phenoxy) is 1. The Bertz CT molecular complexity index is 1110. The van der Waals surface area contributed by atoms with Crippen LogP contribution in [0, 0.1) is 4.91 Å². The van der Waals surface area contributed by atoms with Crippen molar-refractivity contribution in [2.45, 2.75) is 0 Å². The maximum atomic E-state index is 10.5. The predicted octanol–water partition coefficient (Wildman–Crippen LogP) is 6.54. The maximum absolute atomic E-state index is 10.5. The first-order chi connectivity index (χ1) is 13.2. The van der Waals surface area contributed by atoms with E-state index in [-0.39, 0.29) is 0 Å². The van der Waals surface area contributed by atoms with Gasteiger partial charge in [-0.15, -0.1) is 16.2 Å². The minimum atomic E-state index is 0.435. The number of aromatic nitrogens is 1. The molecule has 4 nitrogen and oxygen atoms in total. The van der Waals surface area contributed by atoms with E-state index in [1.165, 1.54) is 0 Å². The smallest absolute Gasteiger partial charge is 0.124 e. The van der Waals surface area contributed by atoms with Crippen molar-refractivity contribution in [1.82, 2.24) is 4.98 Å². The van der Waals surface area contributed by atoms with Gasteiger partial charge in [0.05, 0.1) is 17.3 Å². The standard InChI is InChI=1S/C22H16N2O2S/c1-26-19-12-13-21-20(14-19)23-22(27-21)17-8-4-15(5-9-17)2-3-16-6-10-18(24-25)11-7-16/h2-14H,1H3/b3-2+. The number of methoxy groups -OCH3 is 1. The SMILES string of the molecule is COc1ccc2sc(-c3ccc(/C=C/c4ccc(N=O)cc4)cc3)nc2c1. The Morgan fingerprint density at radius 3 is 2.22 bits per heavy atom. The fraction of sp³-hybridized carbons (Fsp3) is 0.0455. The molecule has 0 spiro atoms. The summed E-state index contributed by atoms with van der Waals surface area (Å²) in [4.78, 5) is 15.2. The van der Waals surface area contributed by atoms with Crippen LogP contribution >= 0.6 is 11.3 Å². The lowest BCUT2D eigenvalue weighted by Gasteiger charge is -1.98. The number of nitrogens with zero attached hydrogens (tertiary/aromatic N) is 2. The molecule has 4 rings (SSSR count). The third-order valence-electron chi connectivity index (χ3n) is 4.22. The van der Waals surface area contributed by atoms with Crippen LogP contribution in [0.2, 0.25) is 0 Å². The summed E-state index contributed by atoms with van der Waals surface area (Å²) in [5.41, 5.74) is 4.59. The second-order valence-corrected chi connectivity index (χ2v) is 7.02. The van der Waals surface area contributed by atoms with Gasteiger partial charge in [0.1, 0.15) is 16.4 Å². The zero-order valence-corrected chi connectivity index (χ0v) is 15.4. The number of rotatable bonds is 5. The van der Waals surface area contributed by atoms with Gasteiger partial charge in [-0.05, 0) is 40.6 Å². The average molecular weight is 372 g/mol. The van der Waals surface area contributed by atoms with Gasteiger partial charge in [0.2, 0.25) is 0 Å². The summed E-state index contributed by atoms with van der Waals surface area (Å²) in [6.45, 7) is 0. The van der Waals surface area contributed by atoms with Crippen molar-refractivity contribution in [1.29, 1.82) is 0 Å². The minimum Gasteiger partial charge on any atom is -0.497 e. The summed E-state index contributed by atoms with van der Waals surface area (Å²) in [5.74, 6) is 0.816. The molecule has 132 valence electrons. The lowest BCUT2D eigenvalue weighted by Crippen LogP contribution is -1.81. The molecule has 1 aromatic heterocycles. The van der Waals surface area contributed by atoms with Crippen molar-refractivity contribution < 1.29 is 4.74 Å².